The molecule has 1 aliphatic heterocycles. The zero-order valence-corrected chi connectivity index (χ0v) is 17.4. The molecule has 3 aromatic rings. The number of para-hydroxylation sites is 1. The first-order valence-electron chi connectivity index (χ1n) is 10.5. The summed E-state index contributed by atoms with van der Waals surface area (Å²) in [6, 6.07) is 18.3. The van der Waals surface area contributed by atoms with Gasteiger partial charge in [-0.15, -0.1) is 0 Å². The minimum absolute atomic E-state index is 0.0254. The second-order valence-electron chi connectivity index (χ2n) is 8.18. The van der Waals surface area contributed by atoms with Gasteiger partial charge in [0.1, 0.15) is 6.07 Å². The monoisotopic (exact) mass is 398 g/mol. The number of nitrogens with zero attached hydrogens (tertiary/aromatic N) is 3. The van der Waals surface area contributed by atoms with E-state index in [9.17, 15) is 10.1 Å². The molecule has 0 saturated carbocycles. The molecule has 30 heavy (non-hydrogen) atoms. The fourth-order valence-corrected chi connectivity index (χ4v) is 4.13. The van der Waals surface area contributed by atoms with Crippen LogP contribution in [-0.2, 0) is 4.79 Å². The van der Waals surface area contributed by atoms with Gasteiger partial charge in [0.05, 0.1) is 16.8 Å². The smallest absolute Gasteiger partial charge is 0.227 e. The highest BCUT2D eigenvalue weighted by atomic mass is 16.1. The number of benzene rings is 2. The Morgan fingerprint density at radius 2 is 1.93 bits per heavy atom. The fourth-order valence-electron chi connectivity index (χ4n) is 4.13. The van der Waals surface area contributed by atoms with Gasteiger partial charge in [-0.1, -0.05) is 44.2 Å². The number of rotatable bonds is 4. The van der Waals surface area contributed by atoms with Gasteiger partial charge in [0.15, 0.2) is 0 Å². The highest BCUT2D eigenvalue weighted by Gasteiger charge is 2.27. The maximum Gasteiger partial charge on any atom is 0.227 e. The van der Waals surface area contributed by atoms with Gasteiger partial charge in [-0.2, -0.15) is 5.26 Å². The summed E-state index contributed by atoms with van der Waals surface area (Å²) in [5.74, 6) is 0.479. The average molecular weight is 399 g/mol. The molecule has 5 heteroatoms. The molecular formula is C25H26N4O. The van der Waals surface area contributed by atoms with E-state index in [2.05, 4.69) is 47.3 Å². The molecule has 1 amide bonds. The van der Waals surface area contributed by atoms with Crippen LogP contribution in [0, 0.1) is 17.2 Å². The van der Waals surface area contributed by atoms with Gasteiger partial charge in [-0.05, 0) is 42.5 Å². The molecule has 0 unspecified atom stereocenters. The van der Waals surface area contributed by atoms with E-state index in [1.54, 1.807) is 6.20 Å². The maximum absolute atomic E-state index is 12.8. The Morgan fingerprint density at radius 1 is 1.17 bits per heavy atom. The standard InChI is InChI=1S/C25H26N4O/c1-17(2)19-6-5-7-21(14-19)28-25(30)18-10-12-29(13-11-18)24-20(15-26)16-27-23-9-4-3-8-22(23)24/h3-9,14,16-18H,10-13H2,1-2H3,(H,28,30). The third-order valence-electron chi connectivity index (χ3n) is 5.87. The number of carbonyl (C=O) groups is 1. The predicted octanol–water partition coefficient (Wildman–Crippen LogP) is 5.08. The van der Waals surface area contributed by atoms with Crippen LogP contribution < -0.4 is 10.2 Å². The first-order valence-corrected chi connectivity index (χ1v) is 10.5. The SMILES string of the molecule is CC(C)c1cccc(NC(=O)C2CCN(c3c(C#N)cnc4ccccc34)CC2)c1. The van der Waals surface area contributed by atoms with E-state index < -0.39 is 0 Å². The van der Waals surface area contributed by atoms with Gasteiger partial charge in [0.2, 0.25) is 5.91 Å². The Morgan fingerprint density at radius 3 is 2.67 bits per heavy atom. The molecule has 5 nitrogen and oxygen atoms in total. The molecule has 4 rings (SSSR count). The Hall–Kier alpha value is -3.39. The summed E-state index contributed by atoms with van der Waals surface area (Å²) < 4.78 is 0. The summed E-state index contributed by atoms with van der Waals surface area (Å²) >= 11 is 0. The fraction of sp³-hybridized carbons (Fsp3) is 0.320. The molecule has 2 aromatic carbocycles. The van der Waals surface area contributed by atoms with Crippen LogP contribution in [0.1, 0.15) is 43.7 Å². The van der Waals surface area contributed by atoms with Gasteiger partial charge in [0.25, 0.3) is 0 Å². The molecule has 0 atom stereocenters. The highest BCUT2D eigenvalue weighted by Crippen LogP contribution is 2.32. The van der Waals surface area contributed by atoms with Gasteiger partial charge < -0.3 is 10.2 Å². The number of nitriles is 1. The third-order valence-corrected chi connectivity index (χ3v) is 5.87. The predicted molar refractivity (Wildman–Crippen MR) is 121 cm³/mol. The Bertz CT molecular complexity index is 1110. The largest absolute Gasteiger partial charge is 0.370 e. The van der Waals surface area contributed by atoms with Crippen molar-refractivity contribution < 1.29 is 4.79 Å². The number of aromatic nitrogens is 1. The first kappa shape index (κ1) is 19.9. The lowest BCUT2D eigenvalue weighted by molar-refractivity contribution is -0.120. The van der Waals surface area contributed by atoms with Crippen LogP contribution >= 0.6 is 0 Å². The number of nitrogens with one attached hydrogen (secondary N) is 1. The van der Waals surface area contributed by atoms with Crippen LogP contribution in [0.25, 0.3) is 10.9 Å². The molecule has 0 spiro atoms. The van der Waals surface area contributed by atoms with Crippen LogP contribution in [0.4, 0.5) is 11.4 Å². The van der Waals surface area contributed by atoms with E-state index in [-0.39, 0.29) is 11.8 Å². The zero-order chi connectivity index (χ0) is 21.1. The van der Waals surface area contributed by atoms with Crippen LogP contribution in [0.2, 0.25) is 0 Å². The lowest BCUT2D eigenvalue weighted by atomic mass is 9.94. The van der Waals surface area contributed by atoms with Crippen molar-refractivity contribution in [2.45, 2.75) is 32.6 Å². The zero-order valence-electron chi connectivity index (χ0n) is 17.4. The van der Waals surface area contributed by atoms with E-state index in [1.807, 2.05) is 36.4 Å². The molecule has 1 aromatic heterocycles. The quantitative estimate of drug-likeness (QED) is 0.665. The normalized spacial score (nSPS) is 14.7. The second kappa shape index (κ2) is 8.54. The molecule has 0 bridgehead atoms. The minimum atomic E-state index is -0.0254. The molecule has 1 saturated heterocycles. The number of hydrogen-bond acceptors (Lipinski definition) is 4. The minimum Gasteiger partial charge on any atom is -0.370 e. The number of amides is 1. The van der Waals surface area contributed by atoms with Crippen molar-refractivity contribution in [3.8, 4) is 6.07 Å². The van der Waals surface area contributed by atoms with Crippen molar-refractivity contribution in [1.82, 2.24) is 4.98 Å². The van der Waals surface area contributed by atoms with E-state index in [0.717, 1.165) is 48.2 Å². The van der Waals surface area contributed by atoms with Crippen LogP contribution in [0.15, 0.2) is 54.7 Å². The van der Waals surface area contributed by atoms with Crippen molar-refractivity contribution in [3.63, 3.8) is 0 Å². The summed E-state index contributed by atoms with van der Waals surface area (Å²) in [5.41, 5.74) is 4.49. The summed E-state index contributed by atoms with van der Waals surface area (Å²) in [4.78, 5) is 19.5. The van der Waals surface area contributed by atoms with Crippen LogP contribution in [0.5, 0.6) is 0 Å². The maximum atomic E-state index is 12.8. The van der Waals surface area contributed by atoms with E-state index in [0.29, 0.717) is 11.5 Å². The summed E-state index contributed by atoms with van der Waals surface area (Å²) in [5, 5.41) is 13.7. The van der Waals surface area contributed by atoms with E-state index >= 15 is 0 Å². The topological polar surface area (TPSA) is 69.0 Å². The molecule has 1 aliphatic rings. The number of piperidine rings is 1. The second-order valence-corrected chi connectivity index (χ2v) is 8.18. The van der Waals surface area contributed by atoms with Crippen LogP contribution in [0.3, 0.4) is 0 Å². The van der Waals surface area contributed by atoms with Gasteiger partial charge in [-0.3, -0.25) is 9.78 Å². The highest BCUT2D eigenvalue weighted by molar-refractivity contribution is 5.95. The molecule has 1 N–H and O–H groups in total. The Kier molecular flexibility index (Phi) is 5.67. The number of fused-ring (bicyclic) bond motifs is 1. The molecule has 0 aliphatic carbocycles. The summed E-state index contributed by atoms with van der Waals surface area (Å²) in [6.45, 7) is 5.78. The summed E-state index contributed by atoms with van der Waals surface area (Å²) in [6.07, 6.45) is 3.17. The third kappa shape index (κ3) is 3.99. The van der Waals surface area contributed by atoms with Crippen molar-refractivity contribution in [3.05, 3.63) is 65.9 Å². The van der Waals surface area contributed by atoms with Crippen molar-refractivity contribution >= 4 is 28.2 Å². The van der Waals surface area contributed by atoms with E-state index in [1.165, 1.54) is 5.56 Å². The summed E-state index contributed by atoms with van der Waals surface area (Å²) in [7, 11) is 0. The van der Waals surface area contributed by atoms with Gasteiger partial charge in [-0.25, -0.2) is 0 Å². The molecule has 0 radical (unpaired) electrons. The van der Waals surface area contributed by atoms with Gasteiger partial charge >= 0.3 is 0 Å². The average Bonchev–Trinajstić information content (AvgIpc) is 2.78. The van der Waals surface area contributed by atoms with Crippen molar-refractivity contribution in [1.29, 1.82) is 5.26 Å². The van der Waals surface area contributed by atoms with Crippen molar-refractivity contribution in [2.75, 3.05) is 23.3 Å². The molecule has 1 fully saturated rings. The number of anilines is 2. The number of hydrogen-bond donors (Lipinski definition) is 1. The van der Waals surface area contributed by atoms with E-state index in [4.69, 9.17) is 0 Å². The molecule has 152 valence electrons. The molecular weight excluding hydrogens is 372 g/mol. The lowest BCUT2D eigenvalue weighted by Gasteiger charge is -2.34. The molecule has 2 heterocycles. The number of pyridine rings is 1. The van der Waals surface area contributed by atoms with Crippen molar-refractivity contribution in [2.24, 2.45) is 5.92 Å². The Balaban J connectivity index is 1.47. The Labute approximate surface area is 177 Å². The first-order chi connectivity index (χ1) is 14.6. The number of carbonyl (C=O) groups excluding carboxylic acids is 1. The van der Waals surface area contributed by atoms with Gasteiger partial charge in [0, 0.05) is 36.3 Å². The lowest BCUT2D eigenvalue weighted by Crippen LogP contribution is -2.38. The van der Waals surface area contributed by atoms with Crippen LogP contribution in [-0.4, -0.2) is 24.0 Å².